The van der Waals surface area contributed by atoms with Crippen molar-refractivity contribution < 1.29 is 9.59 Å². The Labute approximate surface area is 160 Å². The van der Waals surface area contributed by atoms with Crippen molar-refractivity contribution in [1.29, 1.82) is 0 Å². The number of hydrogen-bond donors (Lipinski definition) is 2. The van der Waals surface area contributed by atoms with Gasteiger partial charge < -0.3 is 15.5 Å². The summed E-state index contributed by atoms with van der Waals surface area (Å²) in [4.78, 5) is 26.0. The molecule has 0 atom stereocenters. The Morgan fingerprint density at radius 3 is 1.93 bits per heavy atom. The van der Waals surface area contributed by atoms with Crippen LogP contribution in [0.4, 0.5) is 4.79 Å². The number of nitrogens with zero attached hydrogens (tertiary/aromatic N) is 1. The standard InChI is InChI=1S/C22H27N3O2/c26-21(18-10-4-3-5-11-18)23-14-8-1-2-9-15-24-22(27)25-16-19-12-6-7-13-20(19)17-25/h3-7,10-13H,1-2,8-9,14-17H2,(H,23,26)(H,24,27). The molecule has 3 rings (SSSR count). The molecular formula is C22H27N3O2. The van der Waals surface area contributed by atoms with Crippen LogP contribution >= 0.6 is 0 Å². The molecule has 0 aromatic heterocycles. The maximum absolute atomic E-state index is 12.2. The minimum absolute atomic E-state index is 0.0151. The number of carbonyl (C=O) groups excluding carboxylic acids is 2. The molecule has 142 valence electrons. The molecule has 0 unspecified atom stereocenters. The topological polar surface area (TPSA) is 61.4 Å². The first-order valence-corrected chi connectivity index (χ1v) is 9.67. The molecule has 1 aliphatic rings. The van der Waals surface area contributed by atoms with Gasteiger partial charge in [-0.1, -0.05) is 55.3 Å². The minimum atomic E-state index is -0.0190. The number of unbranched alkanes of at least 4 members (excludes halogenated alkanes) is 3. The molecular weight excluding hydrogens is 338 g/mol. The zero-order chi connectivity index (χ0) is 18.9. The summed E-state index contributed by atoms with van der Waals surface area (Å²) in [5.74, 6) is -0.0190. The molecule has 1 heterocycles. The molecule has 5 heteroatoms. The SMILES string of the molecule is O=C(NCCCCCCNC(=O)N1Cc2ccccc2C1)c1ccccc1. The lowest BCUT2D eigenvalue weighted by molar-refractivity contribution is 0.0953. The molecule has 1 aliphatic heterocycles. The van der Waals surface area contributed by atoms with Gasteiger partial charge in [-0.15, -0.1) is 0 Å². The summed E-state index contributed by atoms with van der Waals surface area (Å²) in [5, 5.41) is 5.95. The van der Waals surface area contributed by atoms with Crippen LogP contribution in [-0.2, 0) is 13.1 Å². The summed E-state index contributed by atoms with van der Waals surface area (Å²) in [6, 6.07) is 17.5. The number of rotatable bonds is 8. The van der Waals surface area contributed by atoms with Crippen molar-refractivity contribution in [3.8, 4) is 0 Å². The van der Waals surface area contributed by atoms with Crippen LogP contribution in [-0.4, -0.2) is 29.9 Å². The predicted octanol–water partition coefficient (Wildman–Crippen LogP) is 3.70. The summed E-state index contributed by atoms with van der Waals surface area (Å²) in [6.45, 7) is 2.78. The number of nitrogens with one attached hydrogen (secondary N) is 2. The highest BCUT2D eigenvalue weighted by Crippen LogP contribution is 2.21. The number of carbonyl (C=O) groups is 2. The highest BCUT2D eigenvalue weighted by molar-refractivity contribution is 5.94. The van der Waals surface area contributed by atoms with E-state index in [-0.39, 0.29) is 11.9 Å². The van der Waals surface area contributed by atoms with E-state index in [0.717, 1.165) is 25.7 Å². The van der Waals surface area contributed by atoms with Crippen molar-refractivity contribution in [3.63, 3.8) is 0 Å². The largest absolute Gasteiger partial charge is 0.352 e. The second-order valence-corrected chi connectivity index (χ2v) is 6.89. The van der Waals surface area contributed by atoms with E-state index in [0.29, 0.717) is 31.7 Å². The Balaban J connectivity index is 1.21. The van der Waals surface area contributed by atoms with Crippen LogP contribution in [0.1, 0.15) is 47.2 Å². The van der Waals surface area contributed by atoms with Crippen molar-refractivity contribution in [2.45, 2.75) is 38.8 Å². The van der Waals surface area contributed by atoms with Crippen LogP contribution in [0, 0.1) is 0 Å². The fourth-order valence-corrected chi connectivity index (χ4v) is 3.28. The molecule has 27 heavy (non-hydrogen) atoms. The fourth-order valence-electron chi connectivity index (χ4n) is 3.28. The minimum Gasteiger partial charge on any atom is -0.352 e. The van der Waals surface area contributed by atoms with Crippen LogP contribution < -0.4 is 10.6 Å². The number of urea groups is 1. The van der Waals surface area contributed by atoms with Crippen molar-refractivity contribution in [2.75, 3.05) is 13.1 Å². The van der Waals surface area contributed by atoms with Crippen LogP contribution in [0.15, 0.2) is 54.6 Å². The highest BCUT2D eigenvalue weighted by atomic mass is 16.2. The van der Waals surface area contributed by atoms with Crippen molar-refractivity contribution in [1.82, 2.24) is 15.5 Å². The third kappa shape index (κ3) is 5.58. The van der Waals surface area contributed by atoms with Gasteiger partial charge in [-0.05, 0) is 36.1 Å². The Hall–Kier alpha value is -2.82. The maximum atomic E-state index is 12.2. The van der Waals surface area contributed by atoms with Gasteiger partial charge in [-0.3, -0.25) is 4.79 Å². The third-order valence-electron chi connectivity index (χ3n) is 4.83. The molecule has 0 fully saturated rings. The molecule has 0 spiro atoms. The summed E-state index contributed by atoms with van der Waals surface area (Å²) >= 11 is 0. The summed E-state index contributed by atoms with van der Waals surface area (Å²) in [5.41, 5.74) is 3.18. The second kappa shape index (κ2) is 9.76. The van der Waals surface area contributed by atoms with Gasteiger partial charge in [0.05, 0.1) is 0 Å². The van der Waals surface area contributed by atoms with Crippen LogP contribution in [0.5, 0.6) is 0 Å². The monoisotopic (exact) mass is 365 g/mol. The Kier molecular flexibility index (Phi) is 6.85. The normalized spacial score (nSPS) is 12.5. The van der Waals surface area contributed by atoms with E-state index in [2.05, 4.69) is 22.8 Å². The predicted molar refractivity (Wildman–Crippen MR) is 106 cm³/mol. The lowest BCUT2D eigenvalue weighted by Gasteiger charge is -2.16. The molecule has 2 aromatic carbocycles. The lowest BCUT2D eigenvalue weighted by Crippen LogP contribution is -2.36. The van der Waals surface area contributed by atoms with E-state index in [1.807, 2.05) is 47.4 Å². The third-order valence-corrected chi connectivity index (χ3v) is 4.83. The van der Waals surface area contributed by atoms with Gasteiger partial charge in [-0.2, -0.15) is 0 Å². The van der Waals surface area contributed by atoms with E-state index < -0.39 is 0 Å². The van der Waals surface area contributed by atoms with Crippen LogP contribution in [0.3, 0.4) is 0 Å². The van der Waals surface area contributed by atoms with Crippen LogP contribution in [0.25, 0.3) is 0 Å². The van der Waals surface area contributed by atoms with E-state index in [4.69, 9.17) is 0 Å². The van der Waals surface area contributed by atoms with Gasteiger partial charge in [-0.25, -0.2) is 4.79 Å². The highest BCUT2D eigenvalue weighted by Gasteiger charge is 2.22. The van der Waals surface area contributed by atoms with Gasteiger partial charge in [0, 0.05) is 31.7 Å². The van der Waals surface area contributed by atoms with Crippen LogP contribution in [0.2, 0.25) is 0 Å². The Bertz CT molecular complexity index is 736. The zero-order valence-corrected chi connectivity index (χ0v) is 15.6. The van der Waals surface area contributed by atoms with Gasteiger partial charge >= 0.3 is 6.03 Å². The molecule has 0 saturated carbocycles. The molecule has 0 saturated heterocycles. The first kappa shape index (κ1) is 19.0. The van der Waals surface area contributed by atoms with Crippen molar-refractivity contribution >= 4 is 11.9 Å². The van der Waals surface area contributed by atoms with Crippen molar-refractivity contribution in [3.05, 3.63) is 71.3 Å². The first-order chi connectivity index (χ1) is 13.2. The quantitative estimate of drug-likeness (QED) is 0.701. The van der Waals surface area contributed by atoms with Gasteiger partial charge in [0.1, 0.15) is 0 Å². The molecule has 5 nitrogen and oxygen atoms in total. The average Bonchev–Trinajstić information content (AvgIpc) is 3.14. The van der Waals surface area contributed by atoms with Crippen molar-refractivity contribution in [2.24, 2.45) is 0 Å². The summed E-state index contributed by atoms with van der Waals surface area (Å²) in [6.07, 6.45) is 3.99. The van der Waals surface area contributed by atoms with E-state index in [1.54, 1.807) is 0 Å². The number of fused-ring (bicyclic) bond motifs is 1. The van der Waals surface area contributed by atoms with E-state index in [1.165, 1.54) is 11.1 Å². The molecule has 2 N–H and O–H groups in total. The number of benzene rings is 2. The first-order valence-electron chi connectivity index (χ1n) is 9.67. The van der Waals surface area contributed by atoms with Gasteiger partial charge in [0.15, 0.2) is 0 Å². The smallest absolute Gasteiger partial charge is 0.318 e. The Morgan fingerprint density at radius 1 is 0.741 bits per heavy atom. The molecule has 3 amide bonds. The molecule has 0 bridgehead atoms. The summed E-state index contributed by atoms with van der Waals surface area (Å²) < 4.78 is 0. The summed E-state index contributed by atoms with van der Waals surface area (Å²) in [7, 11) is 0. The molecule has 2 aromatic rings. The van der Waals surface area contributed by atoms with E-state index >= 15 is 0 Å². The lowest BCUT2D eigenvalue weighted by atomic mass is 10.1. The average molecular weight is 365 g/mol. The Morgan fingerprint density at radius 2 is 1.30 bits per heavy atom. The molecule has 0 radical (unpaired) electrons. The number of amides is 3. The number of hydrogen-bond acceptors (Lipinski definition) is 2. The fraction of sp³-hybridized carbons (Fsp3) is 0.364. The second-order valence-electron chi connectivity index (χ2n) is 6.89. The van der Waals surface area contributed by atoms with E-state index in [9.17, 15) is 9.59 Å². The van der Waals surface area contributed by atoms with Gasteiger partial charge in [0.2, 0.25) is 0 Å². The zero-order valence-electron chi connectivity index (χ0n) is 15.6. The maximum Gasteiger partial charge on any atom is 0.318 e. The van der Waals surface area contributed by atoms with Gasteiger partial charge in [0.25, 0.3) is 5.91 Å². The molecule has 0 aliphatic carbocycles.